The lowest BCUT2D eigenvalue weighted by Crippen LogP contribution is -2.55. The molecule has 2 heterocycles. The Hall–Kier alpha value is -3.23. The molecule has 1 aliphatic heterocycles. The van der Waals surface area contributed by atoms with Crippen molar-refractivity contribution in [3.05, 3.63) is 54.1 Å². The number of benzene rings is 1. The first-order valence-electron chi connectivity index (χ1n) is 9.12. The first kappa shape index (κ1) is 19.5. The minimum Gasteiger partial charge on any atom is -0.350 e. The zero-order chi connectivity index (χ0) is 19.9. The summed E-state index contributed by atoms with van der Waals surface area (Å²) in [5, 5.41) is 5.40. The number of rotatable bonds is 5. The number of hydrogen-bond donors (Lipinski definition) is 2. The zero-order valence-corrected chi connectivity index (χ0v) is 15.6. The summed E-state index contributed by atoms with van der Waals surface area (Å²) < 4.78 is 13.2. The molecule has 2 N–H and O–H groups in total. The van der Waals surface area contributed by atoms with Gasteiger partial charge in [-0.2, -0.15) is 0 Å². The van der Waals surface area contributed by atoms with Crippen LogP contribution in [0.3, 0.4) is 0 Å². The predicted molar refractivity (Wildman–Crippen MR) is 102 cm³/mol. The van der Waals surface area contributed by atoms with Crippen molar-refractivity contribution < 1.29 is 14.0 Å². The van der Waals surface area contributed by atoms with E-state index in [0.717, 1.165) is 0 Å². The van der Waals surface area contributed by atoms with Crippen LogP contribution < -0.4 is 15.5 Å². The van der Waals surface area contributed by atoms with E-state index >= 15 is 0 Å². The van der Waals surface area contributed by atoms with E-state index in [-0.39, 0.29) is 24.3 Å². The molecule has 0 aliphatic carbocycles. The first-order valence-corrected chi connectivity index (χ1v) is 9.12. The molecule has 1 aromatic heterocycles. The highest BCUT2D eigenvalue weighted by atomic mass is 19.1. The molecule has 3 rings (SSSR count). The fraction of sp³-hybridized carbons (Fsp3) is 0.368. The maximum atomic E-state index is 13.2. The Morgan fingerprint density at radius 2 is 1.86 bits per heavy atom. The summed E-state index contributed by atoms with van der Waals surface area (Å²) in [5.41, 5.74) is 0.658. The van der Waals surface area contributed by atoms with Gasteiger partial charge in [-0.1, -0.05) is 12.1 Å². The van der Waals surface area contributed by atoms with Crippen molar-refractivity contribution in [2.24, 2.45) is 0 Å². The SMILES string of the molecule is CC(NC(=O)N1CCN(c2ncccn2)CC1)C(=O)NCc1cccc(F)c1. The summed E-state index contributed by atoms with van der Waals surface area (Å²) in [6, 6.07) is 6.79. The van der Waals surface area contributed by atoms with Crippen molar-refractivity contribution in [2.45, 2.75) is 19.5 Å². The minimum absolute atomic E-state index is 0.201. The van der Waals surface area contributed by atoms with E-state index in [0.29, 0.717) is 37.7 Å². The number of urea groups is 1. The number of amides is 3. The molecule has 1 fully saturated rings. The van der Waals surface area contributed by atoms with Crippen LogP contribution in [0.15, 0.2) is 42.7 Å². The molecule has 0 spiro atoms. The van der Waals surface area contributed by atoms with Crippen LogP contribution in [0.4, 0.5) is 15.1 Å². The largest absolute Gasteiger partial charge is 0.350 e. The topological polar surface area (TPSA) is 90.5 Å². The smallest absolute Gasteiger partial charge is 0.318 e. The number of nitrogens with zero attached hydrogens (tertiary/aromatic N) is 4. The molecule has 1 saturated heterocycles. The van der Waals surface area contributed by atoms with E-state index in [9.17, 15) is 14.0 Å². The lowest BCUT2D eigenvalue weighted by molar-refractivity contribution is -0.122. The van der Waals surface area contributed by atoms with Crippen molar-refractivity contribution in [1.82, 2.24) is 25.5 Å². The van der Waals surface area contributed by atoms with Gasteiger partial charge in [0.25, 0.3) is 0 Å². The molecular weight excluding hydrogens is 363 g/mol. The molecule has 28 heavy (non-hydrogen) atoms. The maximum absolute atomic E-state index is 13.2. The Balaban J connectivity index is 1.43. The fourth-order valence-electron chi connectivity index (χ4n) is 2.90. The van der Waals surface area contributed by atoms with Gasteiger partial charge in [0.15, 0.2) is 0 Å². The van der Waals surface area contributed by atoms with Crippen molar-refractivity contribution in [3.63, 3.8) is 0 Å². The van der Waals surface area contributed by atoms with Gasteiger partial charge in [0.2, 0.25) is 11.9 Å². The lowest BCUT2D eigenvalue weighted by Gasteiger charge is -2.35. The quantitative estimate of drug-likeness (QED) is 0.805. The van der Waals surface area contributed by atoms with Gasteiger partial charge in [0, 0.05) is 45.1 Å². The van der Waals surface area contributed by atoms with E-state index in [4.69, 9.17) is 0 Å². The van der Waals surface area contributed by atoms with E-state index in [1.165, 1.54) is 12.1 Å². The van der Waals surface area contributed by atoms with Crippen molar-refractivity contribution >= 4 is 17.9 Å². The molecule has 9 heteroatoms. The van der Waals surface area contributed by atoms with E-state index in [2.05, 4.69) is 20.6 Å². The highest BCUT2D eigenvalue weighted by Gasteiger charge is 2.24. The fourth-order valence-corrected chi connectivity index (χ4v) is 2.90. The number of aromatic nitrogens is 2. The molecule has 8 nitrogen and oxygen atoms in total. The van der Waals surface area contributed by atoms with Crippen LogP contribution in [0.25, 0.3) is 0 Å². The average molecular weight is 386 g/mol. The second-order valence-corrected chi connectivity index (χ2v) is 6.54. The molecule has 2 aromatic rings. The van der Waals surface area contributed by atoms with Crippen LogP contribution in [0.1, 0.15) is 12.5 Å². The first-order chi connectivity index (χ1) is 13.5. The second-order valence-electron chi connectivity index (χ2n) is 6.54. The Morgan fingerprint density at radius 1 is 1.14 bits per heavy atom. The molecule has 3 amide bonds. The highest BCUT2D eigenvalue weighted by molar-refractivity contribution is 5.86. The summed E-state index contributed by atoms with van der Waals surface area (Å²) in [5.74, 6) is -0.0327. The van der Waals surface area contributed by atoms with Gasteiger partial charge in [0.05, 0.1) is 0 Å². The normalized spacial score (nSPS) is 15.1. The summed E-state index contributed by atoms with van der Waals surface area (Å²) >= 11 is 0. The highest BCUT2D eigenvalue weighted by Crippen LogP contribution is 2.10. The van der Waals surface area contributed by atoms with E-state index < -0.39 is 6.04 Å². The monoisotopic (exact) mass is 386 g/mol. The number of anilines is 1. The van der Waals surface area contributed by atoms with Gasteiger partial charge in [-0.15, -0.1) is 0 Å². The molecule has 1 aromatic carbocycles. The number of nitrogens with one attached hydrogen (secondary N) is 2. The molecule has 1 atom stereocenters. The van der Waals surface area contributed by atoms with Crippen LogP contribution in [0, 0.1) is 5.82 Å². The standard InChI is InChI=1S/C19H23FN6O2/c1-14(17(27)23-13-15-4-2-5-16(20)12-15)24-19(28)26-10-8-25(9-11-26)18-21-6-3-7-22-18/h2-7,12,14H,8-11,13H2,1H3,(H,23,27)(H,24,28). The van der Waals surface area contributed by atoms with Crippen molar-refractivity contribution in [2.75, 3.05) is 31.1 Å². The van der Waals surface area contributed by atoms with Gasteiger partial charge < -0.3 is 20.4 Å². The minimum atomic E-state index is -0.698. The molecule has 148 valence electrons. The van der Waals surface area contributed by atoms with E-state index in [1.54, 1.807) is 42.4 Å². The molecule has 1 unspecified atom stereocenters. The Morgan fingerprint density at radius 3 is 2.54 bits per heavy atom. The van der Waals surface area contributed by atoms with Gasteiger partial charge in [-0.25, -0.2) is 19.2 Å². The maximum Gasteiger partial charge on any atom is 0.318 e. The van der Waals surface area contributed by atoms with Crippen molar-refractivity contribution in [3.8, 4) is 0 Å². The number of halogens is 1. The Kier molecular flexibility index (Phi) is 6.36. The average Bonchev–Trinajstić information content (AvgIpc) is 2.72. The van der Waals surface area contributed by atoms with Crippen molar-refractivity contribution in [1.29, 1.82) is 0 Å². The van der Waals surface area contributed by atoms with Gasteiger partial charge in [-0.05, 0) is 30.7 Å². The van der Waals surface area contributed by atoms with Gasteiger partial charge >= 0.3 is 6.03 Å². The van der Waals surface area contributed by atoms with E-state index in [1.807, 2.05) is 4.90 Å². The predicted octanol–water partition coefficient (Wildman–Crippen LogP) is 1.15. The summed E-state index contributed by atoms with van der Waals surface area (Å²) in [7, 11) is 0. The van der Waals surface area contributed by atoms with Crippen LogP contribution in [0.2, 0.25) is 0 Å². The van der Waals surface area contributed by atoms with Crippen LogP contribution in [-0.4, -0.2) is 59.0 Å². The third-order valence-corrected chi connectivity index (χ3v) is 4.49. The van der Waals surface area contributed by atoms with Crippen LogP contribution in [0.5, 0.6) is 0 Å². The number of hydrogen-bond acceptors (Lipinski definition) is 5. The van der Waals surface area contributed by atoms with Gasteiger partial charge in [-0.3, -0.25) is 4.79 Å². The molecular formula is C19H23FN6O2. The zero-order valence-electron chi connectivity index (χ0n) is 15.6. The molecule has 0 saturated carbocycles. The molecule has 1 aliphatic rings. The van der Waals surface area contributed by atoms with Gasteiger partial charge in [0.1, 0.15) is 11.9 Å². The molecule has 0 bridgehead atoms. The third-order valence-electron chi connectivity index (χ3n) is 4.49. The Labute approximate surface area is 162 Å². The number of piperazine rings is 1. The van der Waals surface area contributed by atoms with Crippen LogP contribution in [-0.2, 0) is 11.3 Å². The molecule has 0 radical (unpaired) electrons. The van der Waals surface area contributed by atoms with Crippen LogP contribution >= 0.6 is 0 Å². The Bertz CT molecular complexity index is 811. The summed E-state index contributed by atoms with van der Waals surface area (Å²) in [6.45, 7) is 4.10. The summed E-state index contributed by atoms with van der Waals surface area (Å²) in [6.07, 6.45) is 3.37. The number of carbonyl (C=O) groups excluding carboxylic acids is 2. The second kappa shape index (κ2) is 9.12. The third kappa shape index (κ3) is 5.15. The summed E-state index contributed by atoms with van der Waals surface area (Å²) in [4.78, 5) is 36.7. The number of carbonyl (C=O) groups is 2. The lowest BCUT2D eigenvalue weighted by atomic mass is 10.2.